The number of hydrogen-bond acceptors (Lipinski definition) is 3. The van der Waals surface area contributed by atoms with Crippen molar-refractivity contribution in [3.63, 3.8) is 0 Å². The average Bonchev–Trinajstić information content (AvgIpc) is 2.46. The number of aliphatic carboxylic acids is 1. The predicted molar refractivity (Wildman–Crippen MR) is 54.2 cm³/mol. The first kappa shape index (κ1) is 10.7. The Bertz CT molecular complexity index is 297. The number of ether oxygens (including phenoxy) is 1. The Kier molecular flexibility index (Phi) is 3.90. The van der Waals surface area contributed by atoms with Crippen LogP contribution in [0.15, 0.2) is 15.9 Å². The number of thiophene rings is 1. The standard InChI is InChI=1S/C8H9BrO3S/c1-12-6(8(10)11)4-5-2-3-7(9)13-5/h2-3,6H,4H2,1H3,(H,10,11). The molecule has 0 aromatic carbocycles. The van der Waals surface area contributed by atoms with Crippen LogP contribution < -0.4 is 0 Å². The van der Waals surface area contributed by atoms with Crippen molar-refractivity contribution < 1.29 is 14.6 Å². The summed E-state index contributed by atoms with van der Waals surface area (Å²) < 4.78 is 5.82. The van der Waals surface area contributed by atoms with Gasteiger partial charge in [0, 0.05) is 18.4 Å². The topological polar surface area (TPSA) is 46.5 Å². The molecule has 0 amide bonds. The zero-order valence-corrected chi connectivity index (χ0v) is 9.39. The number of carbonyl (C=O) groups is 1. The Morgan fingerprint density at radius 2 is 2.46 bits per heavy atom. The molecule has 0 bridgehead atoms. The minimum atomic E-state index is -0.924. The van der Waals surface area contributed by atoms with Crippen molar-refractivity contribution in [2.45, 2.75) is 12.5 Å². The van der Waals surface area contributed by atoms with Crippen LogP contribution in [-0.2, 0) is 16.0 Å². The monoisotopic (exact) mass is 264 g/mol. The molecule has 1 heterocycles. The van der Waals surface area contributed by atoms with Crippen LogP contribution in [0.5, 0.6) is 0 Å². The molecule has 0 aliphatic heterocycles. The molecule has 1 aromatic rings. The molecule has 1 unspecified atom stereocenters. The summed E-state index contributed by atoms with van der Waals surface area (Å²) in [5.41, 5.74) is 0. The van der Waals surface area contributed by atoms with Gasteiger partial charge in [-0.2, -0.15) is 0 Å². The normalized spacial score (nSPS) is 12.8. The number of halogens is 1. The van der Waals surface area contributed by atoms with Gasteiger partial charge in [-0.3, -0.25) is 0 Å². The maximum atomic E-state index is 10.6. The lowest BCUT2D eigenvalue weighted by Crippen LogP contribution is -2.24. The number of hydrogen-bond donors (Lipinski definition) is 1. The van der Waals surface area contributed by atoms with Crippen molar-refractivity contribution in [3.05, 3.63) is 20.8 Å². The van der Waals surface area contributed by atoms with Gasteiger partial charge in [0.05, 0.1) is 3.79 Å². The van der Waals surface area contributed by atoms with Crippen molar-refractivity contribution in [1.29, 1.82) is 0 Å². The number of carboxylic acids is 1. The van der Waals surface area contributed by atoms with E-state index in [4.69, 9.17) is 9.84 Å². The van der Waals surface area contributed by atoms with Crippen LogP contribution in [0.2, 0.25) is 0 Å². The van der Waals surface area contributed by atoms with Crippen LogP contribution in [0, 0.1) is 0 Å². The van der Waals surface area contributed by atoms with Gasteiger partial charge in [0.25, 0.3) is 0 Å². The fraction of sp³-hybridized carbons (Fsp3) is 0.375. The Balaban J connectivity index is 2.61. The van der Waals surface area contributed by atoms with E-state index in [-0.39, 0.29) is 0 Å². The maximum Gasteiger partial charge on any atom is 0.333 e. The highest BCUT2D eigenvalue weighted by atomic mass is 79.9. The molecule has 0 radical (unpaired) electrons. The maximum absolute atomic E-state index is 10.6. The molecule has 0 aliphatic carbocycles. The number of carboxylic acid groups (broad SMARTS) is 1. The second-order valence-corrected chi connectivity index (χ2v) is 5.02. The smallest absolute Gasteiger partial charge is 0.333 e. The van der Waals surface area contributed by atoms with E-state index in [0.717, 1.165) is 8.66 Å². The number of methoxy groups -OCH3 is 1. The van der Waals surface area contributed by atoms with Crippen molar-refractivity contribution in [1.82, 2.24) is 0 Å². The molecular formula is C8H9BrO3S. The van der Waals surface area contributed by atoms with Crippen LogP contribution in [0.3, 0.4) is 0 Å². The van der Waals surface area contributed by atoms with Gasteiger partial charge in [0.15, 0.2) is 6.10 Å². The van der Waals surface area contributed by atoms with Crippen molar-refractivity contribution >= 4 is 33.2 Å². The van der Waals surface area contributed by atoms with Gasteiger partial charge in [-0.05, 0) is 28.1 Å². The summed E-state index contributed by atoms with van der Waals surface area (Å²) in [4.78, 5) is 11.6. The third kappa shape index (κ3) is 3.10. The fourth-order valence-corrected chi connectivity index (χ4v) is 2.43. The van der Waals surface area contributed by atoms with Gasteiger partial charge in [0.1, 0.15) is 0 Å². The molecule has 1 atom stereocenters. The van der Waals surface area contributed by atoms with E-state index in [1.807, 2.05) is 12.1 Å². The van der Waals surface area contributed by atoms with Crippen LogP contribution >= 0.6 is 27.3 Å². The second kappa shape index (κ2) is 4.74. The molecule has 0 saturated heterocycles. The Hall–Kier alpha value is -0.390. The average molecular weight is 265 g/mol. The molecule has 0 spiro atoms. The molecule has 72 valence electrons. The molecule has 0 saturated carbocycles. The summed E-state index contributed by atoms with van der Waals surface area (Å²) in [5.74, 6) is -0.924. The van der Waals surface area contributed by atoms with Crippen LogP contribution in [-0.4, -0.2) is 24.3 Å². The van der Waals surface area contributed by atoms with E-state index < -0.39 is 12.1 Å². The summed E-state index contributed by atoms with van der Waals surface area (Å²) in [6, 6.07) is 3.79. The minimum absolute atomic E-state index is 0.419. The molecular weight excluding hydrogens is 256 g/mol. The van der Waals surface area contributed by atoms with Crippen molar-refractivity contribution in [2.24, 2.45) is 0 Å². The highest BCUT2D eigenvalue weighted by molar-refractivity contribution is 9.11. The summed E-state index contributed by atoms with van der Waals surface area (Å²) in [6.45, 7) is 0. The van der Waals surface area contributed by atoms with E-state index in [1.54, 1.807) is 0 Å². The fourth-order valence-electron chi connectivity index (χ4n) is 0.916. The van der Waals surface area contributed by atoms with Crippen LogP contribution in [0.1, 0.15) is 4.88 Å². The SMILES string of the molecule is COC(Cc1ccc(Br)s1)C(=O)O. The Morgan fingerprint density at radius 1 is 1.77 bits per heavy atom. The first-order valence-electron chi connectivity index (χ1n) is 3.63. The van der Waals surface area contributed by atoms with E-state index >= 15 is 0 Å². The van der Waals surface area contributed by atoms with Gasteiger partial charge in [0.2, 0.25) is 0 Å². The van der Waals surface area contributed by atoms with Gasteiger partial charge in [-0.1, -0.05) is 0 Å². The lowest BCUT2D eigenvalue weighted by atomic mass is 10.2. The Morgan fingerprint density at radius 3 is 2.85 bits per heavy atom. The quantitative estimate of drug-likeness (QED) is 0.907. The van der Waals surface area contributed by atoms with Crippen LogP contribution in [0.25, 0.3) is 0 Å². The first-order chi connectivity index (χ1) is 6.13. The van der Waals surface area contributed by atoms with E-state index in [1.165, 1.54) is 18.4 Å². The zero-order chi connectivity index (χ0) is 9.84. The van der Waals surface area contributed by atoms with Gasteiger partial charge in [-0.25, -0.2) is 4.79 Å². The lowest BCUT2D eigenvalue weighted by molar-refractivity contribution is -0.148. The third-order valence-electron chi connectivity index (χ3n) is 1.58. The second-order valence-electron chi connectivity index (χ2n) is 2.47. The minimum Gasteiger partial charge on any atom is -0.479 e. The van der Waals surface area contributed by atoms with Gasteiger partial charge in [-0.15, -0.1) is 11.3 Å². The summed E-state index contributed by atoms with van der Waals surface area (Å²) in [7, 11) is 1.40. The van der Waals surface area contributed by atoms with E-state index in [2.05, 4.69) is 15.9 Å². The lowest BCUT2D eigenvalue weighted by Gasteiger charge is -2.07. The largest absolute Gasteiger partial charge is 0.479 e. The van der Waals surface area contributed by atoms with Crippen molar-refractivity contribution in [2.75, 3.05) is 7.11 Å². The first-order valence-corrected chi connectivity index (χ1v) is 5.24. The molecule has 5 heteroatoms. The van der Waals surface area contributed by atoms with Gasteiger partial charge < -0.3 is 9.84 Å². The predicted octanol–water partition coefficient (Wildman–Crippen LogP) is 2.15. The highest BCUT2D eigenvalue weighted by Crippen LogP contribution is 2.23. The molecule has 13 heavy (non-hydrogen) atoms. The zero-order valence-electron chi connectivity index (χ0n) is 6.99. The summed E-state index contributed by atoms with van der Waals surface area (Å²) >= 11 is 4.83. The molecule has 0 fully saturated rings. The molecule has 3 nitrogen and oxygen atoms in total. The summed E-state index contributed by atoms with van der Waals surface area (Å²) in [5, 5.41) is 8.71. The molecule has 1 N–H and O–H groups in total. The highest BCUT2D eigenvalue weighted by Gasteiger charge is 2.17. The molecule has 1 rings (SSSR count). The molecule has 0 aliphatic rings. The Labute approximate surface area is 88.5 Å². The van der Waals surface area contributed by atoms with E-state index in [9.17, 15) is 4.79 Å². The molecule has 1 aromatic heterocycles. The van der Waals surface area contributed by atoms with E-state index in [0.29, 0.717) is 6.42 Å². The number of rotatable bonds is 4. The summed E-state index contributed by atoms with van der Waals surface area (Å²) in [6.07, 6.45) is -0.326. The van der Waals surface area contributed by atoms with Crippen molar-refractivity contribution in [3.8, 4) is 0 Å². The third-order valence-corrected chi connectivity index (χ3v) is 3.22. The van der Waals surface area contributed by atoms with Crippen LogP contribution in [0.4, 0.5) is 0 Å². The van der Waals surface area contributed by atoms with Gasteiger partial charge >= 0.3 is 5.97 Å².